The third-order valence-corrected chi connectivity index (χ3v) is 7.54. The molecule has 2 aliphatic carbocycles. The van der Waals surface area contributed by atoms with Gasteiger partial charge in [-0.15, -0.1) is 0 Å². The van der Waals surface area contributed by atoms with Crippen molar-refractivity contribution in [3.05, 3.63) is 46.0 Å². The van der Waals surface area contributed by atoms with Gasteiger partial charge in [0.2, 0.25) is 10.0 Å². The lowest BCUT2D eigenvalue weighted by molar-refractivity contribution is 0.383. The van der Waals surface area contributed by atoms with Crippen LogP contribution < -0.4 is 15.6 Å². The lowest BCUT2D eigenvalue weighted by Gasteiger charge is -2.34. The van der Waals surface area contributed by atoms with Crippen LogP contribution in [0.2, 0.25) is 0 Å². The summed E-state index contributed by atoms with van der Waals surface area (Å²) in [6.45, 7) is 1.80. The van der Waals surface area contributed by atoms with Crippen molar-refractivity contribution in [3.8, 4) is 11.1 Å². The van der Waals surface area contributed by atoms with Crippen LogP contribution >= 0.6 is 0 Å². The van der Waals surface area contributed by atoms with Crippen molar-refractivity contribution in [1.82, 2.24) is 9.55 Å². The number of allylic oxidation sites excluding steroid dienone is 1. The van der Waals surface area contributed by atoms with Gasteiger partial charge in [0.05, 0.1) is 0 Å². The summed E-state index contributed by atoms with van der Waals surface area (Å²) < 4.78 is 25.6. The maximum atomic E-state index is 12.5. The Morgan fingerprint density at radius 3 is 2.52 bits per heavy atom. The van der Waals surface area contributed by atoms with Crippen LogP contribution in [0, 0.1) is 5.41 Å². The van der Waals surface area contributed by atoms with Gasteiger partial charge in [-0.1, -0.05) is 12.2 Å². The SMILES string of the molecule is Cn1cc(-c2cc(S(N)(=O)=O)cnc2N2CCC3(CC2)CC3)c2c(c1=O)CC=C2. The monoisotopic (exact) mass is 412 g/mol. The molecular weight excluding hydrogens is 388 g/mol. The van der Waals surface area contributed by atoms with Crippen molar-refractivity contribution in [2.75, 3.05) is 18.0 Å². The molecule has 29 heavy (non-hydrogen) atoms. The number of anilines is 1. The molecule has 3 aliphatic rings. The molecule has 2 fully saturated rings. The van der Waals surface area contributed by atoms with E-state index in [-0.39, 0.29) is 10.5 Å². The van der Waals surface area contributed by atoms with Crippen LogP contribution in [0.4, 0.5) is 5.82 Å². The number of fused-ring (bicyclic) bond motifs is 1. The molecule has 0 radical (unpaired) electrons. The van der Waals surface area contributed by atoms with Gasteiger partial charge in [0.1, 0.15) is 10.7 Å². The summed E-state index contributed by atoms with van der Waals surface area (Å²) in [7, 11) is -2.17. The number of aromatic nitrogens is 2. The Kier molecular flexibility index (Phi) is 4.02. The number of rotatable bonds is 3. The quantitative estimate of drug-likeness (QED) is 0.832. The predicted molar refractivity (Wildman–Crippen MR) is 112 cm³/mol. The molecule has 7 nitrogen and oxygen atoms in total. The average Bonchev–Trinajstić information content (AvgIpc) is 3.25. The standard InChI is InChI=1S/C21H24N4O3S/c1-24-13-18(15-3-2-4-16(15)20(24)26)17-11-14(29(22,27)28)12-23-19(17)25-9-7-21(5-6-21)8-10-25/h2-3,11-13H,4-10H2,1H3,(H2,22,27,28). The summed E-state index contributed by atoms with van der Waals surface area (Å²) in [6, 6.07) is 1.60. The zero-order chi connectivity index (χ0) is 20.4. The largest absolute Gasteiger partial charge is 0.356 e. The van der Waals surface area contributed by atoms with Crippen molar-refractivity contribution in [2.45, 2.75) is 37.0 Å². The van der Waals surface area contributed by atoms with Gasteiger partial charge in [-0.25, -0.2) is 18.5 Å². The van der Waals surface area contributed by atoms with Crippen molar-refractivity contribution in [1.29, 1.82) is 0 Å². The van der Waals surface area contributed by atoms with Gasteiger partial charge in [-0.2, -0.15) is 0 Å². The van der Waals surface area contributed by atoms with Gasteiger partial charge < -0.3 is 9.47 Å². The van der Waals surface area contributed by atoms with Crippen LogP contribution in [0.5, 0.6) is 0 Å². The number of piperidine rings is 1. The summed E-state index contributed by atoms with van der Waals surface area (Å²) in [5.41, 5.74) is 3.60. The van der Waals surface area contributed by atoms with Crippen molar-refractivity contribution in [2.24, 2.45) is 17.6 Å². The number of sulfonamides is 1. The predicted octanol–water partition coefficient (Wildman–Crippen LogP) is 2.04. The van der Waals surface area contributed by atoms with E-state index in [4.69, 9.17) is 5.14 Å². The Hall–Kier alpha value is -2.45. The van der Waals surface area contributed by atoms with E-state index in [0.717, 1.165) is 48.4 Å². The molecule has 0 atom stereocenters. The van der Waals surface area contributed by atoms with Crippen LogP contribution in [0.15, 0.2) is 34.2 Å². The Bertz CT molecular complexity index is 1200. The second-order valence-corrected chi connectivity index (χ2v) is 10.1. The van der Waals surface area contributed by atoms with E-state index in [1.807, 2.05) is 12.2 Å². The van der Waals surface area contributed by atoms with Gasteiger partial charge in [-0.3, -0.25) is 4.79 Å². The number of primary sulfonamides is 1. The molecule has 1 saturated carbocycles. The molecule has 8 heteroatoms. The zero-order valence-electron chi connectivity index (χ0n) is 16.4. The molecule has 5 rings (SSSR count). The second-order valence-electron chi connectivity index (χ2n) is 8.53. The van der Waals surface area contributed by atoms with Crippen LogP contribution in [0.3, 0.4) is 0 Å². The minimum Gasteiger partial charge on any atom is -0.356 e. The van der Waals surface area contributed by atoms with Crippen LogP contribution in [-0.4, -0.2) is 31.1 Å². The zero-order valence-corrected chi connectivity index (χ0v) is 17.2. The highest BCUT2D eigenvalue weighted by atomic mass is 32.2. The molecule has 2 aromatic heterocycles. The summed E-state index contributed by atoms with van der Waals surface area (Å²) in [6.07, 6.45) is 12.5. The fourth-order valence-electron chi connectivity index (χ4n) is 4.62. The minimum atomic E-state index is -3.89. The Morgan fingerprint density at radius 1 is 1.14 bits per heavy atom. The van der Waals surface area contributed by atoms with Crippen LogP contribution in [0.1, 0.15) is 36.8 Å². The molecule has 1 spiro atoms. The first kappa shape index (κ1) is 18.6. The first-order valence-electron chi connectivity index (χ1n) is 9.95. The molecule has 1 aliphatic heterocycles. The highest BCUT2D eigenvalue weighted by Gasteiger charge is 2.44. The Labute approximate surface area is 169 Å². The molecule has 0 unspecified atom stereocenters. The molecule has 152 valence electrons. The average molecular weight is 413 g/mol. The molecular formula is C21H24N4O3S. The molecule has 1 saturated heterocycles. The molecule has 0 bridgehead atoms. The Balaban J connectivity index is 1.68. The molecule has 3 heterocycles. The van der Waals surface area contributed by atoms with Crippen molar-refractivity contribution >= 4 is 21.9 Å². The third kappa shape index (κ3) is 3.11. The fraction of sp³-hybridized carbons (Fsp3) is 0.429. The van der Waals surface area contributed by atoms with Gasteiger partial charge in [-0.05, 0) is 49.1 Å². The van der Waals surface area contributed by atoms with E-state index < -0.39 is 10.0 Å². The number of hydrogen-bond donors (Lipinski definition) is 1. The number of nitrogens with zero attached hydrogens (tertiary/aromatic N) is 3. The Morgan fingerprint density at radius 2 is 1.86 bits per heavy atom. The van der Waals surface area contributed by atoms with E-state index in [1.54, 1.807) is 23.9 Å². The lowest BCUT2D eigenvalue weighted by Crippen LogP contribution is -2.35. The van der Waals surface area contributed by atoms with E-state index in [2.05, 4.69) is 9.88 Å². The number of aryl methyl sites for hydroxylation is 1. The molecule has 0 aromatic carbocycles. The first-order chi connectivity index (χ1) is 13.8. The maximum absolute atomic E-state index is 12.5. The number of pyridine rings is 2. The van der Waals surface area contributed by atoms with E-state index >= 15 is 0 Å². The van der Waals surface area contributed by atoms with Crippen LogP contribution in [-0.2, 0) is 23.5 Å². The molecule has 2 aromatic rings. The normalized spacial score (nSPS) is 19.6. The van der Waals surface area contributed by atoms with E-state index in [1.165, 1.54) is 19.0 Å². The topological polar surface area (TPSA) is 98.3 Å². The van der Waals surface area contributed by atoms with E-state index in [9.17, 15) is 13.2 Å². The minimum absolute atomic E-state index is 0.0171. The summed E-state index contributed by atoms with van der Waals surface area (Å²) in [5.74, 6) is 0.758. The fourth-order valence-corrected chi connectivity index (χ4v) is 5.10. The molecule has 0 amide bonds. The van der Waals surface area contributed by atoms with Crippen molar-refractivity contribution < 1.29 is 8.42 Å². The van der Waals surface area contributed by atoms with E-state index in [0.29, 0.717) is 17.4 Å². The number of hydrogen-bond acceptors (Lipinski definition) is 5. The maximum Gasteiger partial charge on any atom is 0.254 e. The van der Waals surface area contributed by atoms with Crippen LogP contribution in [0.25, 0.3) is 17.2 Å². The van der Waals surface area contributed by atoms with Gasteiger partial charge >= 0.3 is 0 Å². The lowest BCUT2D eigenvalue weighted by atomic mass is 9.93. The first-order valence-corrected chi connectivity index (χ1v) is 11.5. The summed E-state index contributed by atoms with van der Waals surface area (Å²) >= 11 is 0. The molecule has 2 N–H and O–H groups in total. The third-order valence-electron chi connectivity index (χ3n) is 6.66. The highest BCUT2D eigenvalue weighted by Crippen LogP contribution is 2.54. The number of nitrogens with two attached hydrogens (primary N) is 1. The summed E-state index contributed by atoms with van der Waals surface area (Å²) in [4.78, 5) is 19.3. The highest BCUT2D eigenvalue weighted by molar-refractivity contribution is 7.89. The van der Waals surface area contributed by atoms with Gasteiger partial charge in [0, 0.05) is 49.2 Å². The summed E-state index contributed by atoms with van der Waals surface area (Å²) in [5, 5.41) is 5.39. The van der Waals surface area contributed by atoms with Gasteiger partial charge in [0.25, 0.3) is 5.56 Å². The van der Waals surface area contributed by atoms with Crippen molar-refractivity contribution in [3.63, 3.8) is 0 Å². The van der Waals surface area contributed by atoms with Gasteiger partial charge in [0.15, 0.2) is 0 Å². The second kappa shape index (κ2) is 6.27. The smallest absolute Gasteiger partial charge is 0.254 e.